The van der Waals surface area contributed by atoms with Gasteiger partial charge in [-0.15, -0.1) is 0 Å². The number of halogens is 2. The van der Waals surface area contributed by atoms with Gasteiger partial charge in [0.05, 0.1) is 0 Å². The second kappa shape index (κ2) is 12.7. The van der Waals surface area contributed by atoms with Crippen molar-refractivity contribution in [1.82, 2.24) is 0 Å². The summed E-state index contributed by atoms with van der Waals surface area (Å²) in [6.07, 6.45) is 9.19. The van der Waals surface area contributed by atoms with E-state index in [0.29, 0.717) is 0 Å². The van der Waals surface area contributed by atoms with Gasteiger partial charge in [0.2, 0.25) is 0 Å². The zero-order valence-corrected chi connectivity index (χ0v) is 30.7. The van der Waals surface area contributed by atoms with Crippen LogP contribution in [0.5, 0.6) is 0 Å². The van der Waals surface area contributed by atoms with Gasteiger partial charge in [0, 0.05) is 0 Å². The topological polar surface area (TPSA) is 0 Å². The van der Waals surface area contributed by atoms with E-state index in [9.17, 15) is 0 Å². The van der Waals surface area contributed by atoms with Crippen molar-refractivity contribution in [2.75, 3.05) is 0 Å². The first kappa shape index (κ1) is 33.7. The Labute approximate surface area is 283 Å². The second-order valence-electron chi connectivity index (χ2n) is 14.1. The average molecular weight is 685 g/mol. The van der Waals surface area contributed by atoms with Crippen LogP contribution in [0, 0.1) is 13.8 Å². The Morgan fingerprint density at radius 3 is 1.72 bits per heavy atom. The molecule has 0 aliphatic heterocycles. The van der Waals surface area contributed by atoms with Gasteiger partial charge in [-0.05, 0) is 0 Å². The van der Waals surface area contributed by atoms with E-state index in [1.165, 1.54) is 61.2 Å². The van der Waals surface area contributed by atoms with E-state index in [-0.39, 0.29) is 35.6 Å². The maximum atomic E-state index is 2.58. The number of hydrogen-bond donors (Lipinski definition) is 0. The minimum Gasteiger partial charge on any atom is -1.00 e. The third-order valence-electron chi connectivity index (χ3n) is 8.71. The maximum Gasteiger partial charge on any atom is -1.00 e. The van der Waals surface area contributed by atoms with Crippen LogP contribution in [-0.2, 0) is 40.5 Å². The summed E-state index contributed by atoms with van der Waals surface area (Å²) in [4.78, 5) is 0. The van der Waals surface area contributed by atoms with Crippen LogP contribution < -0.4 is 28.1 Å². The van der Waals surface area contributed by atoms with Crippen molar-refractivity contribution in [2.24, 2.45) is 0 Å². The Hall–Kier alpha value is -2.18. The third-order valence-corrected chi connectivity index (χ3v) is 12.4. The molecule has 3 heteroatoms. The Morgan fingerprint density at radius 2 is 1.19 bits per heavy atom. The maximum absolute atomic E-state index is 2.58. The van der Waals surface area contributed by atoms with Crippen LogP contribution in [0.1, 0.15) is 81.3 Å². The molecule has 4 aromatic carbocycles. The molecule has 0 N–H and O–H groups in total. The molecule has 0 amide bonds. The summed E-state index contributed by atoms with van der Waals surface area (Å²) in [7, 11) is 0. The average Bonchev–Trinajstić information content (AvgIpc) is 3.55. The smallest absolute Gasteiger partial charge is 1.00 e. The molecule has 0 aromatic heterocycles. The Bertz CT molecular complexity index is 1710. The van der Waals surface area contributed by atoms with Gasteiger partial charge in [-0.2, -0.15) is 0 Å². The van der Waals surface area contributed by atoms with Crippen molar-refractivity contribution in [2.45, 2.75) is 79.1 Å². The van der Waals surface area contributed by atoms with E-state index in [1.807, 2.05) is 0 Å². The van der Waals surface area contributed by atoms with Gasteiger partial charge < -0.3 is 24.8 Å². The van der Waals surface area contributed by atoms with Crippen molar-refractivity contribution in [3.8, 4) is 33.4 Å². The van der Waals surface area contributed by atoms with E-state index in [4.69, 9.17) is 0 Å². The zero-order valence-electron chi connectivity index (χ0n) is 26.8. The molecule has 0 bridgehead atoms. The molecule has 4 aromatic rings. The molecule has 43 heavy (non-hydrogen) atoms. The minimum absolute atomic E-state index is 0. The predicted octanol–water partition coefficient (Wildman–Crippen LogP) is 4.36. The molecule has 0 nitrogen and oxygen atoms in total. The van der Waals surface area contributed by atoms with E-state index >= 15 is 0 Å². The van der Waals surface area contributed by atoms with Crippen molar-refractivity contribution >= 4 is 3.27 Å². The van der Waals surface area contributed by atoms with Gasteiger partial charge in [-0.1, -0.05) is 0 Å². The number of aryl methyl sites for hydroxylation is 2. The fourth-order valence-corrected chi connectivity index (χ4v) is 10.1. The molecule has 2 aliphatic rings. The van der Waals surface area contributed by atoms with Crippen molar-refractivity contribution in [3.05, 3.63) is 122 Å². The summed E-state index contributed by atoms with van der Waals surface area (Å²) in [6.45, 7) is 18.7. The van der Waals surface area contributed by atoms with Gasteiger partial charge in [-0.3, -0.25) is 0 Å². The molecule has 0 radical (unpaired) electrons. The normalized spacial score (nSPS) is 13.4. The molecule has 2 aliphatic carbocycles. The summed E-state index contributed by atoms with van der Waals surface area (Å²) in [5, 5.41) is 0. The zero-order chi connectivity index (χ0) is 29.1. The molecular weight excluding hydrogens is 643 g/mol. The first-order valence-electron chi connectivity index (χ1n) is 15.0. The third kappa shape index (κ3) is 6.61. The molecule has 6 rings (SSSR count). The fourth-order valence-electron chi connectivity index (χ4n) is 6.42. The number of rotatable bonds is 4. The van der Waals surface area contributed by atoms with Crippen LogP contribution in [0.3, 0.4) is 0 Å². The number of benzene rings is 4. The summed E-state index contributed by atoms with van der Waals surface area (Å²) < 4.78 is 3.38. The molecule has 0 saturated carbocycles. The Kier molecular flexibility index (Phi) is 9.93. The molecule has 0 unspecified atom stereocenters. The predicted molar refractivity (Wildman–Crippen MR) is 174 cm³/mol. The summed E-state index contributed by atoms with van der Waals surface area (Å²) in [6, 6.07) is 26.1. The first-order chi connectivity index (χ1) is 19.4. The van der Waals surface area contributed by atoms with E-state index in [2.05, 4.69) is 140 Å². The van der Waals surface area contributed by atoms with Crippen molar-refractivity contribution in [1.29, 1.82) is 0 Å². The quantitative estimate of drug-likeness (QED) is 0.264. The summed E-state index contributed by atoms with van der Waals surface area (Å²) in [5.74, 6) is 0. The molecule has 0 fully saturated rings. The van der Waals surface area contributed by atoms with Crippen LogP contribution in [-0.4, -0.2) is 0 Å². The van der Waals surface area contributed by atoms with Gasteiger partial charge in [0.25, 0.3) is 0 Å². The largest absolute Gasteiger partial charge is 1.00 e. The number of allylic oxidation sites excluding steroid dienone is 4. The molecular formula is C40H42Cl2Zr. The van der Waals surface area contributed by atoms with Crippen LogP contribution >= 0.6 is 0 Å². The molecule has 0 atom stereocenters. The molecule has 0 saturated heterocycles. The molecule has 220 valence electrons. The van der Waals surface area contributed by atoms with E-state index < -0.39 is 23.2 Å². The number of hydrogen-bond acceptors (Lipinski definition) is 0. The molecule has 0 heterocycles. The second-order valence-corrected chi connectivity index (χ2v) is 17.5. The van der Waals surface area contributed by atoms with E-state index in [0.717, 1.165) is 12.8 Å². The first-order valence-corrected chi connectivity index (χ1v) is 17.5. The van der Waals surface area contributed by atoms with Crippen LogP contribution in [0.15, 0.2) is 88.2 Å². The van der Waals surface area contributed by atoms with Gasteiger partial charge >= 0.3 is 261 Å². The van der Waals surface area contributed by atoms with Gasteiger partial charge in [0.15, 0.2) is 0 Å². The monoisotopic (exact) mass is 682 g/mol. The standard InChI is InChI=1S/C35H37.C5H5.2ClH.Zr/c1-22-9-13-24(14-10-22)30-18-26-17-27-19-31(25-15-11-23(2)12-16-25)33(35(6,7)8)21-29(27)28(26)20-32(30)34(3,4)5;1-2-4-5-3-1;;;/h9-16,18,20-21H,17H2,1-8H3;1-3H,4H2;2*1H;/q;;;;+2/p-2. The van der Waals surface area contributed by atoms with Gasteiger partial charge in [-0.25, -0.2) is 0 Å². The number of fused-ring (bicyclic) bond motifs is 3. The summed E-state index contributed by atoms with van der Waals surface area (Å²) in [5.41, 5.74) is 17.3. The Morgan fingerprint density at radius 1 is 0.628 bits per heavy atom. The summed E-state index contributed by atoms with van der Waals surface area (Å²) >= 11 is -1.00. The van der Waals surface area contributed by atoms with Crippen molar-refractivity contribution in [3.63, 3.8) is 0 Å². The van der Waals surface area contributed by atoms with E-state index in [1.54, 1.807) is 12.1 Å². The van der Waals surface area contributed by atoms with Crippen LogP contribution in [0.25, 0.3) is 33.4 Å². The minimum atomic E-state index is -1.00. The Balaban J connectivity index is 0.00000212. The molecule has 0 spiro atoms. The van der Waals surface area contributed by atoms with Crippen LogP contribution in [0.2, 0.25) is 0 Å². The SMILES string of the molecule is Cc1ccc(-c2cc3c(cc2C(C)(C)C)-c2cc(C(C)(C)C)c(-c4ccc(C)cc4)[c]([Zr+2][C]4=CC=CC4)c2C3)cc1.[Cl-].[Cl-]. The van der Waals surface area contributed by atoms with Crippen LogP contribution in [0.4, 0.5) is 0 Å². The van der Waals surface area contributed by atoms with Crippen molar-refractivity contribution < 1.29 is 48.0 Å². The van der Waals surface area contributed by atoms with Gasteiger partial charge in [0.1, 0.15) is 0 Å². The fraction of sp³-hybridized carbons (Fsp3) is 0.300.